The first-order valence-electron chi connectivity index (χ1n) is 19.2. The van der Waals surface area contributed by atoms with Gasteiger partial charge in [-0.05, 0) is 129 Å². The van der Waals surface area contributed by atoms with Crippen LogP contribution in [0.15, 0.2) is 152 Å². The van der Waals surface area contributed by atoms with E-state index in [4.69, 9.17) is 0 Å². The van der Waals surface area contributed by atoms with Crippen molar-refractivity contribution in [1.82, 2.24) is 0 Å². The van der Waals surface area contributed by atoms with Gasteiger partial charge in [-0.2, -0.15) is 0 Å². The molecule has 0 amide bonds. The summed E-state index contributed by atoms with van der Waals surface area (Å²) in [6, 6.07) is 57.0. The summed E-state index contributed by atoms with van der Waals surface area (Å²) in [5.41, 5.74) is 22.9. The van der Waals surface area contributed by atoms with Crippen molar-refractivity contribution in [2.45, 2.75) is 51.4 Å². The van der Waals surface area contributed by atoms with Crippen molar-refractivity contribution in [2.75, 3.05) is 9.80 Å². The molecule has 0 fully saturated rings. The SMILES string of the molecule is CC1(C)c2cc(N(c3ccccc3)c3ccccc3)ccc2-c2cc3c(cc21)B1c2cc4c(cc2C(C)(C)c2cccc(c21)N3c1ccccc1)CC4. The van der Waals surface area contributed by atoms with Crippen molar-refractivity contribution in [3.63, 3.8) is 0 Å². The minimum atomic E-state index is -0.191. The van der Waals surface area contributed by atoms with Gasteiger partial charge in [0, 0.05) is 45.0 Å². The molecule has 0 spiro atoms. The van der Waals surface area contributed by atoms with E-state index in [-0.39, 0.29) is 17.5 Å². The van der Waals surface area contributed by atoms with Gasteiger partial charge in [-0.15, -0.1) is 0 Å². The van der Waals surface area contributed by atoms with Crippen LogP contribution >= 0.6 is 0 Å². The summed E-state index contributed by atoms with van der Waals surface area (Å²) in [6.45, 7) is 9.93. The summed E-state index contributed by atoms with van der Waals surface area (Å²) in [5.74, 6) is 0. The van der Waals surface area contributed by atoms with E-state index in [2.05, 4.69) is 189 Å². The van der Waals surface area contributed by atoms with Gasteiger partial charge in [0.25, 0.3) is 0 Å². The molecule has 2 aliphatic heterocycles. The molecule has 3 heteroatoms. The van der Waals surface area contributed by atoms with Gasteiger partial charge in [-0.25, -0.2) is 0 Å². The first kappa shape index (κ1) is 30.8. The summed E-state index contributed by atoms with van der Waals surface area (Å²) in [4.78, 5) is 4.94. The van der Waals surface area contributed by atoms with E-state index < -0.39 is 0 Å². The normalized spacial score (nSPS) is 16.0. The highest BCUT2D eigenvalue weighted by Gasteiger charge is 2.48. The average molecular weight is 681 g/mol. The Hall–Kier alpha value is -5.80. The van der Waals surface area contributed by atoms with Crippen LogP contribution in [0.1, 0.15) is 61.1 Å². The minimum absolute atomic E-state index is 0.0896. The van der Waals surface area contributed by atoms with Crippen LogP contribution in [0.2, 0.25) is 0 Å². The molecule has 7 aromatic rings. The second-order valence-electron chi connectivity index (χ2n) is 16.5. The number of aryl methyl sites for hydroxylation is 2. The molecule has 53 heavy (non-hydrogen) atoms. The predicted molar refractivity (Wildman–Crippen MR) is 224 cm³/mol. The van der Waals surface area contributed by atoms with Gasteiger partial charge in [0.15, 0.2) is 0 Å². The van der Waals surface area contributed by atoms with Crippen molar-refractivity contribution in [2.24, 2.45) is 0 Å². The third kappa shape index (κ3) is 4.22. The van der Waals surface area contributed by atoms with E-state index in [0.29, 0.717) is 0 Å². The number of rotatable bonds is 4. The van der Waals surface area contributed by atoms with Gasteiger partial charge in [-0.1, -0.05) is 124 Å². The van der Waals surface area contributed by atoms with Crippen molar-refractivity contribution < 1.29 is 0 Å². The molecule has 11 rings (SSSR count). The maximum atomic E-state index is 2.61. The maximum Gasteiger partial charge on any atom is 0.247 e. The van der Waals surface area contributed by atoms with Gasteiger partial charge >= 0.3 is 0 Å². The molecule has 0 aromatic heterocycles. The predicted octanol–water partition coefficient (Wildman–Crippen LogP) is 10.5. The fourth-order valence-corrected chi connectivity index (χ4v) is 10.2. The molecule has 0 saturated heterocycles. The first-order valence-corrected chi connectivity index (χ1v) is 19.2. The number of hydrogen-bond donors (Lipinski definition) is 0. The van der Waals surface area contributed by atoms with Gasteiger partial charge in [-0.3, -0.25) is 0 Å². The Morgan fingerprint density at radius 1 is 0.472 bits per heavy atom. The standard InChI is InChI=1S/C50H41BN2/c1-49(2)40-21-14-22-46-48(40)51(44-28-33-24-23-32(33)27-43(44)49)45-31-42-39(30-47(45)53(46)36-19-12-7-13-20-36)38-26-25-37(29-41(38)50(42,3)4)52(34-15-8-5-9-16-34)35-17-10-6-11-18-35/h5-22,25-31H,23-24H2,1-4H3. The minimum Gasteiger partial charge on any atom is -0.311 e. The summed E-state index contributed by atoms with van der Waals surface area (Å²) in [6.07, 6.45) is 2.38. The highest BCUT2D eigenvalue weighted by atomic mass is 15.2. The lowest BCUT2D eigenvalue weighted by atomic mass is 9.29. The lowest BCUT2D eigenvalue weighted by Gasteiger charge is -2.46. The van der Waals surface area contributed by atoms with Crippen molar-refractivity contribution in [1.29, 1.82) is 0 Å². The molecule has 254 valence electrons. The van der Waals surface area contributed by atoms with Crippen molar-refractivity contribution in [3.05, 3.63) is 185 Å². The van der Waals surface area contributed by atoms with Crippen LogP contribution in [0.25, 0.3) is 11.1 Å². The van der Waals surface area contributed by atoms with Crippen molar-refractivity contribution in [3.8, 4) is 11.1 Å². The van der Waals surface area contributed by atoms with E-state index >= 15 is 0 Å². The van der Waals surface area contributed by atoms with Crippen LogP contribution in [0.4, 0.5) is 34.1 Å². The van der Waals surface area contributed by atoms with E-state index in [0.717, 1.165) is 11.4 Å². The van der Waals surface area contributed by atoms with Gasteiger partial charge < -0.3 is 9.80 Å². The molecule has 0 saturated carbocycles. The van der Waals surface area contributed by atoms with Gasteiger partial charge in [0.05, 0.1) is 0 Å². The topological polar surface area (TPSA) is 6.48 Å². The van der Waals surface area contributed by atoms with Crippen molar-refractivity contribution >= 4 is 57.2 Å². The van der Waals surface area contributed by atoms with E-state index in [1.165, 1.54) is 90.9 Å². The quantitative estimate of drug-likeness (QED) is 0.171. The van der Waals surface area contributed by atoms with Crippen LogP contribution in [-0.4, -0.2) is 6.71 Å². The fraction of sp³-hybridized carbons (Fsp3) is 0.160. The zero-order valence-electron chi connectivity index (χ0n) is 30.8. The molecule has 2 aliphatic carbocycles. The Bertz CT molecular complexity index is 2580. The number of benzene rings is 7. The molecule has 4 aliphatic rings. The lowest BCUT2D eigenvalue weighted by Crippen LogP contribution is -2.64. The summed E-state index contributed by atoms with van der Waals surface area (Å²) >= 11 is 0. The number of hydrogen-bond acceptors (Lipinski definition) is 2. The molecule has 0 radical (unpaired) electrons. The largest absolute Gasteiger partial charge is 0.311 e. The van der Waals surface area contributed by atoms with E-state index in [1.807, 2.05) is 0 Å². The van der Waals surface area contributed by atoms with Crippen LogP contribution < -0.4 is 26.2 Å². The number of fused-ring (bicyclic) bond motifs is 8. The molecule has 0 bridgehead atoms. The summed E-state index contributed by atoms with van der Waals surface area (Å²) < 4.78 is 0. The third-order valence-electron chi connectivity index (χ3n) is 13.0. The smallest absolute Gasteiger partial charge is 0.247 e. The second-order valence-corrected chi connectivity index (χ2v) is 16.5. The number of nitrogens with zero attached hydrogens (tertiary/aromatic N) is 2. The third-order valence-corrected chi connectivity index (χ3v) is 13.0. The Morgan fingerprint density at radius 3 is 1.77 bits per heavy atom. The molecule has 0 N–H and O–H groups in total. The average Bonchev–Trinajstić information content (AvgIpc) is 3.39. The molecule has 7 aromatic carbocycles. The Labute approximate surface area is 313 Å². The van der Waals surface area contributed by atoms with Crippen LogP contribution in [-0.2, 0) is 23.7 Å². The molecular formula is C50H41BN2. The maximum absolute atomic E-state index is 2.61. The van der Waals surface area contributed by atoms with Crippen LogP contribution in [0.5, 0.6) is 0 Å². The van der Waals surface area contributed by atoms with E-state index in [9.17, 15) is 0 Å². The van der Waals surface area contributed by atoms with Gasteiger partial charge in [0.1, 0.15) is 0 Å². The Kier molecular flexibility index (Phi) is 6.32. The Morgan fingerprint density at radius 2 is 1.09 bits per heavy atom. The monoisotopic (exact) mass is 680 g/mol. The van der Waals surface area contributed by atoms with Crippen LogP contribution in [0, 0.1) is 0 Å². The van der Waals surface area contributed by atoms with Gasteiger partial charge in [0.2, 0.25) is 6.71 Å². The zero-order valence-corrected chi connectivity index (χ0v) is 30.8. The molecule has 2 nitrogen and oxygen atoms in total. The summed E-state index contributed by atoms with van der Waals surface area (Å²) in [5, 5.41) is 0. The van der Waals surface area contributed by atoms with E-state index in [1.54, 1.807) is 5.56 Å². The number of anilines is 6. The first-order chi connectivity index (χ1) is 25.8. The zero-order chi connectivity index (χ0) is 35.6. The highest BCUT2D eigenvalue weighted by molar-refractivity contribution is 6.99. The lowest BCUT2D eigenvalue weighted by molar-refractivity contribution is 0.641. The summed E-state index contributed by atoms with van der Waals surface area (Å²) in [7, 11) is 0. The molecule has 2 heterocycles. The fourth-order valence-electron chi connectivity index (χ4n) is 10.2. The molecular weight excluding hydrogens is 639 g/mol. The Balaban J connectivity index is 1.15. The van der Waals surface area contributed by atoms with Crippen LogP contribution in [0.3, 0.4) is 0 Å². The molecule has 0 atom stereocenters. The second kappa shape index (κ2) is 10.9. The molecule has 0 unspecified atom stereocenters. The highest BCUT2D eigenvalue weighted by Crippen LogP contribution is 2.53. The number of para-hydroxylation sites is 3.